The van der Waals surface area contributed by atoms with Crippen molar-refractivity contribution in [1.29, 1.82) is 0 Å². The summed E-state index contributed by atoms with van der Waals surface area (Å²) in [6.45, 7) is 6.66. The van der Waals surface area contributed by atoms with Crippen LogP contribution in [0.2, 0.25) is 0 Å². The Hall–Kier alpha value is -1.84. The molecule has 2 rings (SSSR count). The molecule has 0 aliphatic carbocycles. The van der Waals surface area contributed by atoms with Crippen LogP contribution in [0.1, 0.15) is 40.0 Å². The first kappa shape index (κ1) is 21.5. The maximum Gasteiger partial charge on any atom is 0.241 e. The summed E-state index contributed by atoms with van der Waals surface area (Å²) in [6, 6.07) is 3.46. The number of nitrogens with one attached hydrogen (secondary N) is 2. The van der Waals surface area contributed by atoms with Gasteiger partial charge in [0.1, 0.15) is 0 Å². The highest BCUT2D eigenvalue weighted by Gasteiger charge is 2.26. The third-order valence-electron chi connectivity index (χ3n) is 4.78. The molecular weight excluding hydrogens is 370 g/mol. The normalized spacial score (nSPS) is 15.7. The molecule has 1 aliphatic heterocycles. The monoisotopic (exact) mass is 399 g/mol. The molecule has 1 aromatic carbocycles. The molecule has 27 heavy (non-hydrogen) atoms. The van der Waals surface area contributed by atoms with Gasteiger partial charge in [0.25, 0.3) is 0 Å². The van der Waals surface area contributed by atoms with Crippen molar-refractivity contribution in [2.45, 2.75) is 56.5 Å². The van der Waals surface area contributed by atoms with E-state index in [1.807, 2.05) is 13.8 Å². The van der Waals surface area contributed by atoms with Crippen molar-refractivity contribution in [3.63, 3.8) is 0 Å². The zero-order valence-electron chi connectivity index (χ0n) is 16.1. The SMILES string of the molecule is CCC(N)(CC)CNC(=O)C(C)NS(=O)(=O)c1ccc2c(c1)OCCCO2. The van der Waals surface area contributed by atoms with E-state index in [1.165, 1.54) is 19.1 Å². The van der Waals surface area contributed by atoms with E-state index in [0.29, 0.717) is 37.6 Å². The average molecular weight is 400 g/mol. The summed E-state index contributed by atoms with van der Waals surface area (Å²) in [6.07, 6.45) is 2.15. The maximum atomic E-state index is 12.6. The summed E-state index contributed by atoms with van der Waals surface area (Å²) in [7, 11) is -3.89. The number of hydrogen-bond donors (Lipinski definition) is 3. The van der Waals surface area contributed by atoms with Crippen LogP contribution in [0.5, 0.6) is 11.5 Å². The summed E-state index contributed by atoms with van der Waals surface area (Å²) in [5.74, 6) is 0.464. The van der Waals surface area contributed by atoms with Crippen LogP contribution < -0.4 is 25.2 Å². The fraction of sp³-hybridized carbons (Fsp3) is 0.611. The highest BCUT2D eigenvalue weighted by molar-refractivity contribution is 7.89. The standard InChI is InChI=1S/C18H29N3O5S/c1-4-18(19,5-2)12-20-17(22)13(3)21-27(23,24)14-7-8-15-16(11-14)26-10-6-9-25-15/h7-8,11,13,21H,4-6,9-10,12,19H2,1-3H3,(H,20,22). The first-order valence-electron chi connectivity index (χ1n) is 9.19. The molecule has 1 unspecified atom stereocenters. The highest BCUT2D eigenvalue weighted by atomic mass is 32.2. The predicted octanol–water partition coefficient (Wildman–Crippen LogP) is 1.15. The molecule has 0 saturated carbocycles. The molecular formula is C18H29N3O5S. The van der Waals surface area contributed by atoms with Crippen molar-refractivity contribution in [2.75, 3.05) is 19.8 Å². The van der Waals surface area contributed by atoms with Gasteiger partial charge < -0.3 is 20.5 Å². The molecule has 0 aromatic heterocycles. The number of fused-ring (bicyclic) bond motifs is 1. The number of sulfonamides is 1. The van der Waals surface area contributed by atoms with E-state index in [2.05, 4.69) is 10.0 Å². The summed E-state index contributed by atoms with van der Waals surface area (Å²) >= 11 is 0. The molecule has 0 bridgehead atoms. The number of rotatable bonds is 8. The number of carbonyl (C=O) groups excluding carboxylic acids is 1. The van der Waals surface area contributed by atoms with Crippen molar-refractivity contribution >= 4 is 15.9 Å². The van der Waals surface area contributed by atoms with Gasteiger partial charge in [-0.15, -0.1) is 0 Å². The van der Waals surface area contributed by atoms with Gasteiger partial charge in [0, 0.05) is 24.6 Å². The van der Waals surface area contributed by atoms with Gasteiger partial charge in [0.15, 0.2) is 11.5 Å². The zero-order chi connectivity index (χ0) is 20.1. The summed E-state index contributed by atoms with van der Waals surface area (Å²) in [4.78, 5) is 12.3. The largest absolute Gasteiger partial charge is 0.490 e. The topological polar surface area (TPSA) is 120 Å². The van der Waals surface area contributed by atoms with Gasteiger partial charge in [0.2, 0.25) is 15.9 Å². The van der Waals surface area contributed by atoms with Crippen LogP contribution in [-0.4, -0.2) is 45.7 Å². The number of hydrogen-bond acceptors (Lipinski definition) is 6. The zero-order valence-corrected chi connectivity index (χ0v) is 16.9. The molecule has 1 heterocycles. The minimum absolute atomic E-state index is 0.0155. The predicted molar refractivity (Wildman–Crippen MR) is 102 cm³/mol. The molecule has 1 aliphatic rings. The van der Waals surface area contributed by atoms with E-state index < -0.39 is 27.5 Å². The Balaban J connectivity index is 2.04. The highest BCUT2D eigenvalue weighted by Crippen LogP contribution is 2.31. The van der Waals surface area contributed by atoms with E-state index in [0.717, 1.165) is 6.42 Å². The minimum atomic E-state index is -3.89. The smallest absolute Gasteiger partial charge is 0.241 e. The van der Waals surface area contributed by atoms with Gasteiger partial charge in [-0.25, -0.2) is 8.42 Å². The lowest BCUT2D eigenvalue weighted by atomic mass is 9.94. The first-order valence-corrected chi connectivity index (χ1v) is 10.7. The molecule has 1 aromatic rings. The van der Waals surface area contributed by atoms with Gasteiger partial charge in [-0.1, -0.05) is 13.8 Å². The van der Waals surface area contributed by atoms with Crippen LogP contribution in [0.15, 0.2) is 23.1 Å². The number of carbonyl (C=O) groups is 1. The van der Waals surface area contributed by atoms with Crippen molar-refractivity contribution < 1.29 is 22.7 Å². The Morgan fingerprint density at radius 2 is 1.85 bits per heavy atom. The van der Waals surface area contributed by atoms with Gasteiger partial charge in [-0.05, 0) is 31.9 Å². The van der Waals surface area contributed by atoms with Crippen LogP contribution in [0, 0.1) is 0 Å². The number of amides is 1. The Labute approximate surface area is 160 Å². The first-order chi connectivity index (χ1) is 12.7. The number of ether oxygens (including phenoxy) is 2. The van der Waals surface area contributed by atoms with Crippen molar-refractivity contribution in [2.24, 2.45) is 5.73 Å². The second-order valence-electron chi connectivity index (χ2n) is 6.79. The van der Waals surface area contributed by atoms with E-state index in [-0.39, 0.29) is 11.4 Å². The van der Waals surface area contributed by atoms with Crippen molar-refractivity contribution in [3.8, 4) is 11.5 Å². The molecule has 0 fully saturated rings. The Morgan fingerprint density at radius 3 is 2.48 bits per heavy atom. The summed E-state index contributed by atoms with van der Waals surface area (Å²) < 4.78 is 38.7. The van der Waals surface area contributed by atoms with Gasteiger partial charge in [-0.2, -0.15) is 4.72 Å². The molecule has 1 amide bonds. The van der Waals surface area contributed by atoms with Crippen LogP contribution in [0.3, 0.4) is 0 Å². The van der Waals surface area contributed by atoms with Crippen LogP contribution in [0.25, 0.3) is 0 Å². The number of benzene rings is 1. The molecule has 9 heteroatoms. The second kappa shape index (κ2) is 8.90. The van der Waals surface area contributed by atoms with E-state index >= 15 is 0 Å². The fourth-order valence-electron chi connectivity index (χ4n) is 2.58. The average Bonchev–Trinajstić information content (AvgIpc) is 2.90. The Kier molecular flexibility index (Phi) is 7.07. The van der Waals surface area contributed by atoms with Crippen molar-refractivity contribution in [1.82, 2.24) is 10.0 Å². The summed E-state index contributed by atoms with van der Waals surface area (Å²) in [5, 5.41) is 2.72. The third kappa shape index (κ3) is 5.57. The number of nitrogens with two attached hydrogens (primary N) is 1. The lowest BCUT2D eigenvalue weighted by Gasteiger charge is -2.27. The van der Waals surface area contributed by atoms with Gasteiger partial charge in [-0.3, -0.25) is 4.79 Å². The Bertz CT molecular complexity index is 762. The van der Waals surface area contributed by atoms with E-state index in [1.54, 1.807) is 6.07 Å². The third-order valence-corrected chi connectivity index (χ3v) is 6.32. The molecule has 0 radical (unpaired) electrons. The lowest BCUT2D eigenvalue weighted by Crippen LogP contribution is -2.53. The molecule has 8 nitrogen and oxygen atoms in total. The van der Waals surface area contributed by atoms with E-state index in [9.17, 15) is 13.2 Å². The summed E-state index contributed by atoms with van der Waals surface area (Å²) in [5.41, 5.74) is 5.66. The van der Waals surface area contributed by atoms with Gasteiger partial charge in [0.05, 0.1) is 24.2 Å². The Morgan fingerprint density at radius 1 is 1.22 bits per heavy atom. The van der Waals surface area contributed by atoms with Crippen LogP contribution >= 0.6 is 0 Å². The quantitative estimate of drug-likeness (QED) is 0.603. The lowest BCUT2D eigenvalue weighted by molar-refractivity contribution is -0.122. The molecule has 152 valence electrons. The molecule has 1 atom stereocenters. The second-order valence-corrected chi connectivity index (χ2v) is 8.50. The van der Waals surface area contributed by atoms with E-state index in [4.69, 9.17) is 15.2 Å². The molecule has 0 saturated heterocycles. The van der Waals surface area contributed by atoms with Crippen LogP contribution in [-0.2, 0) is 14.8 Å². The minimum Gasteiger partial charge on any atom is -0.490 e. The maximum absolute atomic E-state index is 12.6. The molecule has 0 spiro atoms. The van der Waals surface area contributed by atoms with Crippen LogP contribution in [0.4, 0.5) is 0 Å². The van der Waals surface area contributed by atoms with Gasteiger partial charge >= 0.3 is 0 Å². The molecule has 4 N–H and O–H groups in total. The van der Waals surface area contributed by atoms with Crippen molar-refractivity contribution in [3.05, 3.63) is 18.2 Å². The fourth-order valence-corrected chi connectivity index (χ4v) is 3.80.